The number of methoxy groups -OCH3 is 1. The van der Waals surface area contributed by atoms with E-state index in [1.54, 1.807) is 18.2 Å². The Bertz CT molecular complexity index is 781. The van der Waals surface area contributed by atoms with Gasteiger partial charge in [0.15, 0.2) is 6.61 Å². The van der Waals surface area contributed by atoms with Crippen LogP contribution >= 0.6 is 23.2 Å². The lowest BCUT2D eigenvalue weighted by molar-refractivity contribution is -0.118. The molecule has 0 aliphatic rings. The standard InChI is InChI=1S/C16H14Cl2N2O4/c1-23-10-3-4-11(16(19)22)14(7-10)24-8-15(21)20-9-2-5-12(17)13(18)6-9/h2-7H,8H2,1H3,(H2,19,22)(H,20,21). The lowest BCUT2D eigenvalue weighted by Gasteiger charge is -2.11. The van der Waals surface area contributed by atoms with Gasteiger partial charge in [0.1, 0.15) is 11.5 Å². The molecule has 0 atom stereocenters. The van der Waals surface area contributed by atoms with Gasteiger partial charge < -0.3 is 20.5 Å². The molecule has 24 heavy (non-hydrogen) atoms. The highest BCUT2D eigenvalue weighted by molar-refractivity contribution is 6.42. The Morgan fingerprint density at radius 1 is 1.12 bits per heavy atom. The van der Waals surface area contributed by atoms with Gasteiger partial charge >= 0.3 is 0 Å². The maximum Gasteiger partial charge on any atom is 0.262 e. The maximum atomic E-state index is 12.0. The zero-order valence-corrected chi connectivity index (χ0v) is 14.1. The van der Waals surface area contributed by atoms with Gasteiger partial charge in [-0.05, 0) is 30.3 Å². The van der Waals surface area contributed by atoms with Crippen molar-refractivity contribution >= 4 is 40.7 Å². The number of hydrogen-bond acceptors (Lipinski definition) is 4. The van der Waals surface area contributed by atoms with Crippen molar-refractivity contribution in [3.63, 3.8) is 0 Å². The van der Waals surface area contributed by atoms with Gasteiger partial charge in [-0.3, -0.25) is 9.59 Å². The molecule has 0 aliphatic heterocycles. The molecule has 8 heteroatoms. The fourth-order valence-electron chi connectivity index (χ4n) is 1.87. The first kappa shape index (κ1) is 17.9. The number of amides is 2. The van der Waals surface area contributed by atoms with Crippen molar-refractivity contribution in [1.29, 1.82) is 0 Å². The Morgan fingerprint density at radius 2 is 1.88 bits per heavy atom. The third-order valence-electron chi connectivity index (χ3n) is 3.02. The normalized spacial score (nSPS) is 10.1. The number of rotatable bonds is 6. The summed E-state index contributed by atoms with van der Waals surface area (Å²) in [6, 6.07) is 9.20. The number of ether oxygens (including phenoxy) is 2. The number of carbonyl (C=O) groups excluding carboxylic acids is 2. The monoisotopic (exact) mass is 368 g/mol. The van der Waals surface area contributed by atoms with E-state index in [-0.39, 0.29) is 17.9 Å². The summed E-state index contributed by atoms with van der Waals surface area (Å²) in [7, 11) is 1.47. The van der Waals surface area contributed by atoms with Crippen LogP contribution in [-0.2, 0) is 4.79 Å². The Morgan fingerprint density at radius 3 is 2.50 bits per heavy atom. The van der Waals surface area contributed by atoms with Crippen LogP contribution in [0.4, 0.5) is 5.69 Å². The molecule has 0 unspecified atom stereocenters. The van der Waals surface area contributed by atoms with E-state index in [0.717, 1.165) is 0 Å². The third kappa shape index (κ3) is 4.53. The molecule has 0 aromatic heterocycles. The molecular formula is C16H14Cl2N2O4. The molecule has 2 aromatic rings. The summed E-state index contributed by atoms with van der Waals surface area (Å²) in [6.45, 7) is -0.326. The molecule has 0 saturated heterocycles. The van der Waals surface area contributed by atoms with Crippen molar-refractivity contribution in [2.45, 2.75) is 0 Å². The van der Waals surface area contributed by atoms with Crippen LogP contribution in [0.1, 0.15) is 10.4 Å². The lowest BCUT2D eigenvalue weighted by atomic mass is 10.2. The van der Waals surface area contributed by atoms with Gasteiger partial charge in [0.2, 0.25) is 0 Å². The number of benzene rings is 2. The topological polar surface area (TPSA) is 90.7 Å². The minimum absolute atomic E-state index is 0.151. The number of nitrogens with two attached hydrogens (primary N) is 1. The molecule has 0 spiro atoms. The first-order chi connectivity index (χ1) is 11.4. The fraction of sp³-hybridized carbons (Fsp3) is 0.125. The van der Waals surface area contributed by atoms with E-state index < -0.39 is 11.8 Å². The second-order valence-electron chi connectivity index (χ2n) is 4.69. The SMILES string of the molecule is COc1ccc(C(N)=O)c(OCC(=O)Nc2ccc(Cl)c(Cl)c2)c1. The van der Waals surface area contributed by atoms with Crippen LogP contribution < -0.4 is 20.5 Å². The maximum absolute atomic E-state index is 12.0. The van der Waals surface area contributed by atoms with E-state index in [9.17, 15) is 9.59 Å². The highest BCUT2D eigenvalue weighted by atomic mass is 35.5. The molecular weight excluding hydrogens is 355 g/mol. The van der Waals surface area contributed by atoms with Crippen LogP contribution in [0, 0.1) is 0 Å². The average Bonchev–Trinajstić information content (AvgIpc) is 2.56. The van der Waals surface area contributed by atoms with Crippen molar-refractivity contribution in [1.82, 2.24) is 0 Å². The molecule has 0 fully saturated rings. The zero-order valence-electron chi connectivity index (χ0n) is 12.6. The number of primary amides is 1. The molecule has 2 aromatic carbocycles. The quantitative estimate of drug-likeness (QED) is 0.819. The summed E-state index contributed by atoms with van der Waals surface area (Å²) in [5.41, 5.74) is 5.90. The third-order valence-corrected chi connectivity index (χ3v) is 3.76. The first-order valence-electron chi connectivity index (χ1n) is 6.76. The van der Waals surface area contributed by atoms with Crippen LogP contribution in [0.25, 0.3) is 0 Å². The van der Waals surface area contributed by atoms with E-state index in [2.05, 4.69) is 5.32 Å². The van der Waals surface area contributed by atoms with Crippen LogP contribution in [0.3, 0.4) is 0 Å². The van der Waals surface area contributed by atoms with Gasteiger partial charge in [-0.1, -0.05) is 23.2 Å². The first-order valence-corrected chi connectivity index (χ1v) is 7.52. The van der Waals surface area contributed by atoms with Crippen LogP contribution in [0.15, 0.2) is 36.4 Å². The largest absolute Gasteiger partial charge is 0.497 e. The number of nitrogens with one attached hydrogen (secondary N) is 1. The van der Waals surface area contributed by atoms with Crippen LogP contribution in [0.2, 0.25) is 10.0 Å². The Balaban J connectivity index is 2.05. The molecule has 126 valence electrons. The number of halogens is 2. The Kier molecular flexibility index (Phi) is 5.89. The molecule has 0 radical (unpaired) electrons. The van der Waals surface area contributed by atoms with Gasteiger partial charge in [0.25, 0.3) is 11.8 Å². The minimum Gasteiger partial charge on any atom is -0.497 e. The molecule has 0 heterocycles. The van der Waals surface area contributed by atoms with Crippen molar-refractivity contribution in [3.8, 4) is 11.5 Å². The average molecular weight is 369 g/mol. The minimum atomic E-state index is -0.669. The van der Waals surface area contributed by atoms with Gasteiger partial charge in [0.05, 0.1) is 22.7 Å². The van der Waals surface area contributed by atoms with Crippen molar-refractivity contribution in [2.24, 2.45) is 5.73 Å². The molecule has 3 N–H and O–H groups in total. The number of carbonyl (C=O) groups is 2. The summed E-state index contributed by atoms with van der Waals surface area (Å²) in [6.07, 6.45) is 0. The summed E-state index contributed by atoms with van der Waals surface area (Å²) in [4.78, 5) is 23.4. The number of anilines is 1. The Labute approximate surface area is 148 Å². The van der Waals surface area contributed by atoms with Gasteiger partial charge in [0, 0.05) is 11.8 Å². The highest BCUT2D eigenvalue weighted by Crippen LogP contribution is 2.26. The molecule has 0 bridgehead atoms. The predicted octanol–water partition coefficient (Wildman–Crippen LogP) is 3.12. The van der Waals surface area contributed by atoms with Gasteiger partial charge in [-0.15, -0.1) is 0 Å². The summed E-state index contributed by atoms with van der Waals surface area (Å²) in [5, 5.41) is 3.30. The zero-order chi connectivity index (χ0) is 17.7. The van der Waals surface area contributed by atoms with Crippen molar-refractivity contribution in [3.05, 3.63) is 52.0 Å². The van der Waals surface area contributed by atoms with E-state index in [1.807, 2.05) is 0 Å². The van der Waals surface area contributed by atoms with Gasteiger partial charge in [-0.2, -0.15) is 0 Å². The van der Waals surface area contributed by atoms with Gasteiger partial charge in [-0.25, -0.2) is 0 Å². The fourth-order valence-corrected chi connectivity index (χ4v) is 2.16. The molecule has 0 saturated carbocycles. The van der Waals surface area contributed by atoms with Crippen molar-refractivity contribution in [2.75, 3.05) is 19.0 Å². The molecule has 2 rings (SSSR count). The summed E-state index contributed by atoms with van der Waals surface area (Å²) >= 11 is 11.7. The second kappa shape index (κ2) is 7.90. The number of hydrogen-bond donors (Lipinski definition) is 2. The second-order valence-corrected chi connectivity index (χ2v) is 5.51. The molecule has 2 amide bonds. The van der Waals surface area contributed by atoms with E-state index in [1.165, 1.54) is 25.3 Å². The predicted molar refractivity (Wildman–Crippen MR) is 92.1 cm³/mol. The summed E-state index contributed by atoms with van der Waals surface area (Å²) in [5.74, 6) is -0.477. The molecule has 0 aliphatic carbocycles. The van der Waals surface area contributed by atoms with E-state index in [0.29, 0.717) is 21.5 Å². The summed E-state index contributed by atoms with van der Waals surface area (Å²) < 4.78 is 10.4. The highest BCUT2D eigenvalue weighted by Gasteiger charge is 2.13. The van der Waals surface area contributed by atoms with E-state index in [4.69, 9.17) is 38.4 Å². The van der Waals surface area contributed by atoms with Crippen LogP contribution in [-0.4, -0.2) is 25.5 Å². The lowest BCUT2D eigenvalue weighted by Crippen LogP contribution is -2.21. The van der Waals surface area contributed by atoms with Crippen molar-refractivity contribution < 1.29 is 19.1 Å². The molecule has 6 nitrogen and oxygen atoms in total. The van der Waals surface area contributed by atoms with E-state index >= 15 is 0 Å². The van der Waals surface area contributed by atoms with Crippen LogP contribution in [0.5, 0.6) is 11.5 Å². The Hall–Kier alpha value is -2.44. The smallest absolute Gasteiger partial charge is 0.262 e.